The molecule has 0 N–H and O–H groups in total. The van der Waals surface area contributed by atoms with E-state index in [0.29, 0.717) is 28.1 Å². The lowest BCUT2D eigenvalue weighted by Crippen LogP contribution is -2.56. The van der Waals surface area contributed by atoms with Crippen molar-refractivity contribution in [1.82, 2.24) is 0 Å². The minimum absolute atomic E-state index is 0.298. The van der Waals surface area contributed by atoms with E-state index in [1.807, 2.05) is 13.0 Å². The molecule has 2 aromatic rings. The molecule has 0 saturated heterocycles. The van der Waals surface area contributed by atoms with Crippen molar-refractivity contribution in [3.63, 3.8) is 0 Å². The number of Topliss-reactive ketones (excluding diaryl/α,β-unsaturated/α-hetero) is 3. The van der Waals surface area contributed by atoms with Crippen LogP contribution in [0.25, 0.3) is 11.1 Å². The van der Waals surface area contributed by atoms with Crippen LogP contribution in [-0.2, 0) is 20.8 Å². The lowest BCUT2D eigenvalue weighted by atomic mass is 9.57. The van der Waals surface area contributed by atoms with Gasteiger partial charge in [0, 0.05) is 10.6 Å². The number of benzene rings is 2. The van der Waals surface area contributed by atoms with Gasteiger partial charge in [0.1, 0.15) is 11.7 Å². The summed E-state index contributed by atoms with van der Waals surface area (Å²) in [7, 11) is 0. The maximum absolute atomic E-state index is 14.4. The van der Waals surface area contributed by atoms with Gasteiger partial charge in [0.15, 0.2) is 17.3 Å². The summed E-state index contributed by atoms with van der Waals surface area (Å²) < 4.78 is 14.4. The van der Waals surface area contributed by atoms with Crippen LogP contribution in [0.4, 0.5) is 4.39 Å². The van der Waals surface area contributed by atoms with Crippen molar-refractivity contribution in [2.75, 3.05) is 0 Å². The Morgan fingerprint density at radius 1 is 0.931 bits per heavy atom. The monoisotopic (exact) mass is 414 g/mol. The number of hydrogen-bond acceptors (Lipinski definition) is 3. The number of carbonyl (C=O) groups is 3. The van der Waals surface area contributed by atoms with Gasteiger partial charge in [0.2, 0.25) is 0 Å². The first-order chi connectivity index (χ1) is 13.4. The average molecular weight is 415 g/mol. The molecule has 0 heterocycles. The standard InChI is InChI=1S/C24H24ClFO3/c1-6-13-7-8-14(16-12-15(25)9-10-18(16)26)11-17(13)19-20(27)23(2,3)22(29)24(4,5)21(19)28/h7-12,19H,6H2,1-5H3. The maximum Gasteiger partial charge on any atom is 0.160 e. The minimum Gasteiger partial charge on any atom is -0.298 e. The van der Waals surface area contributed by atoms with E-state index in [2.05, 4.69) is 0 Å². The molecule has 1 aliphatic rings. The van der Waals surface area contributed by atoms with Crippen molar-refractivity contribution >= 4 is 29.0 Å². The molecule has 1 aliphatic carbocycles. The maximum atomic E-state index is 14.4. The fraction of sp³-hybridized carbons (Fsp3) is 0.375. The molecule has 0 atom stereocenters. The molecule has 3 nitrogen and oxygen atoms in total. The zero-order chi connectivity index (χ0) is 21.7. The van der Waals surface area contributed by atoms with E-state index in [1.54, 1.807) is 39.8 Å². The van der Waals surface area contributed by atoms with E-state index in [9.17, 15) is 18.8 Å². The lowest BCUT2D eigenvalue weighted by molar-refractivity contribution is -0.157. The molecule has 0 amide bonds. The summed E-state index contributed by atoms with van der Waals surface area (Å²) in [5.41, 5.74) is -0.358. The molecule has 2 aromatic carbocycles. The predicted molar refractivity (Wildman–Crippen MR) is 112 cm³/mol. The van der Waals surface area contributed by atoms with Crippen LogP contribution >= 0.6 is 11.6 Å². The summed E-state index contributed by atoms with van der Waals surface area (Å²) in [5.74, 6) is -2.70. The van der Waals surface area contributed by atoms with Crippen LogP contribution in [0.5, 0.6) is 0 Å². The van der Waals surface area contributed by atoms with Gasteiger partial charge in [0.05, 0.1) is 10.8 Å². The molecule has 0 spiro atoms. The van der Waals surface area contributed by atoms with Crippen LogP contribution in [-0.4, -0.2) is 17.3 Å². The average Bonchev–Trinajstić information content (AvgIpc) is 2.68. The molecule has 0 unspecified atom stereocenters. The number of carbonyl (C=O) groups excluding carboxylic acids is 3. The molecule has 3 rings (SSSR count). The van der Waals surface area contributed by atoms with Gasteiger partial charge in [-0.05, 0) is 75.1 Å². The van der Waals surface area contributed by atoms with Gasteiger partial charge in [-0.2, -0.15) is 0 Å². The van der Waals surface area contributed by atoms with Crippen LogP contribution in [0.1, 0.15) is 51.7 Å². The van der Waals surface area contributed by atoms with Gasteiger partial charge in [0.25, 0.3) is 0 Å². The molecule has 0 bridgehead atoms. The van der Waals surface area contributed by atoms with E-state index in [0.717, 1.165) is 5.56 Å². The van der Waals surface area contributed by atoms with E-state index >= 15 is 0 Å². The first-order valence-corrected chi connectivity index (χ1v) is 10.0. The van der Waals surface area contributed by atoms with Crippen molar-refractivity contribution in [2.45, 2.75) is 47.0 Å². The van der Waals surface area contributed by atoms with Gasteiger partial charge < -0.3 is 0 Å². The van der Waals surface area contributed by atoms with Crippen LogP contribution < -0.4 is 0 Å². The lowest BCUT2D eigenvalue weighted by Gasteiger charge is -2.41. The Hall–Kier alpha value is -2.33. The quantitative estimate of drug-likeness (QED) is 0.617. The largest absolute Gasteiger partial charge is 0.298 e. The molecule has 0 aliphatic heterocycles. The molecule has 1 saturated carbocycles. The second-order valence-corrected chi connectivity index (χ2v) is 9.07. The predicted octanol–water partition coefficient (Wildman–Crippen LogP) is 5.57. The fourth-order valence-electron chi connectivity index (χ4n) is 4.20. The molecule has 29 heavy (non-hydrogen) atoms. The summed E-state index contributed by atoms with van der Waals surface area (Å²) in [6.45, 7) is 8.23. The Kier molecular flexibility index (Phi) is 5.29. The van der Waals surface area contributed by atoms with Crippen molar-refractivity contribution < 1.29 is 18.8 Å². The number of ketones is 3. The van der Waals surface area contributed by atoms with Gasteiger partial charge >= 0.3 is 0 Å². The van der Waals surface area contributed by atoms with Gasteiger partial charge in [-0.25, -0.2) is 4.39 Å². The van der Waals surface area contributed by atoms with Crippen LogP contribution in [0.15, 0.2) is 36.4 Å². The second kappa shape index (κ2) is 7.17. The van der Waals surface area contributed by atoms with Crippen molar-refractivity contribution in [1.29, 1.82) is 0 Å². The Morgan fingerprint density at radius 3 is 2.07 bits per heavy atom. The molecule has 1 fully saturated rings. The van der Waals surface area contributed by atoms with Gasteiger partial charge in [-0.3, -0.25) is 14.4 Å². The third kappa shape index (κ3) is 3.33. The summed E-state index contributed by atoms with van der Waals surface area (Å²) in [6.07, 6.45) is 0.597. The number of rotatable bonds is 3. The third-order valence-corrected chi connectivity index (χ3v) is 6.20. The zero-order valence-electron chi connectivity index (χ0n) is 17.2. The first-order valence-electron chi connectivity index (χ1n) is 9.64. The minimum atomic E-state index is -1.27. The topological polar surface area (TPSA) is 51.2 Å². The molecular weight excluding hydrogens is 391 g/mol. The third-order valence-electron chi connectivity index (χ3n) is 5.97. The Bertz CT molecular complexity index is 1010. The Balaban J connectivity index is 2.24. The van der Waals surface area contributed by atoms with E-state index < -0.39 is 34.1 Å². The number of hydrogen-bond donors (Lipinski definition) is 0. The Morgan fingerprint density at radius 2 is 1.52 bits per heavy atom. The zero-order valence-corrected chi connectivity index (χ0v) is 18.0. The number of aryl methyl sites for hydroxylation is 1. The smallest absolute Gasteiger partial charge is 0.160 e. The Labute approximate surface area is 175 Å². The van der Waals surface area contributed by atoms with Crippen molar-refractivity contribution in [2.24, 2.45) is 10.8 Å². The summed E-state index contributed by atoms with van der Waals surface area (Å²) in [5, 5.41) is 0.389. The SMILES string of the molecule is CCc1ccc(-c2cc(Cl)ccc2F)cc1C1C(=O)C(C)(C)C(=O)C(C)(C)C1=O. The molecule has 5 heteroatoms. The fourth-order valence-corrected chi connectivity index (χ4v) is 4.37. The molecule has 0 radical (unpaired) electrons. The second-order valence-electron chi connectivity index (χ2n) is 8.63. The summed E-state index contributed by atoms with van der Waals surface area (Å²) in [4.78, 5) is 39.3. The van der Waals surface area contributed by atoms with E-state index in [4.69, 9.17) is 11.6 Å². The van der Waals surface area contributed by atoms with Crippen LogP contribution in [0.2, 0.25) is 5.02 Å². The highest BCUT2D eigenvalue weighted by molar-refractivity contribution is 6.31. The normalized spacial score (nSPS) is 18.9. The molecular formula is C24H24ClFO3. The highest BCUT2D eigenvalue weighted by atomic mass is 35.5. The highest BCUT2D eigenvalue weighted by Crippen LogP contribution is 2.46. The summed E-state index contributed by atoms with van der Waals surface area (Å²) >= 11 is 6.04. The first kappa shape index (κ1) is 21.4. The number of halogens is 2. The molecule has 0 aromatic heterocycles. The van der Waals surface area contributed by atoms with Crippen molar-refractivity contribution in [3.05, 3.63) is 58.4 Å². The molecule has 152 valence electrons. The van der Waals surface area contributed by atoms with E-state index in [-0.39, 0.29) is 5.78 Å². The van der Waals surface area contributed by atoms with E-state index in [1.165, 1.54) is 18.2 Å². The van der Waals surface area contributed by atoms with Crippen LogP contribution in [0, 0.1) is 16.6 Å². The summed E-state index contributed by atoms with van der Waals surface area (Å²) in [6, 6.07) is 9.53. The van der Waals surface area contributed by atoms with Gasteiger partial charge in [-0.1, -0.05) is 30.7 Å². The van der Waals surface area contributed by atoms with Crippen molar-refractivity contribution in [3.8, 4) is 11.1 Å². The van der Waals surface area contributed by atoms with Gasteiger partial charge in [-0.15, -0.1) is 0 Å². The highest BCUT2D eigenvalue weighted by Gasteiger charge is 2.58. The van der Waals surface area contributed by atoms with Crippen LogP contribution in [0.3, 0.4) is 0 Å².